The predicted octanol–water partition coefficient (Wildman–Crippen LogP) is 0.687. The molecule has 0 saturated heterocycles. The number of rotatable bonds is 8. The summed E-state index contributed by atoms with van der Waals surface area (Å²) in [6.45, 7) is 3.78. The quantitative estimate of drug-likeness (QED) is 0.414. The Morgan fingerprint density at radius 2 is 2.10 bits per heavy atom. The third-order valence-corrected chi connectivity index (χ3v) is 2.98. The van der Waals surface area contributed by atoms with E-state index < -0.39 is 4.92 Å². The van der Waals surface area contributed by atoms with E-state index in [9.17, 15) is 14.9 Å². The van der Waals surface area contributed by atoms with Gasteiger partial charge in [0.15, 0.2) is 0 Å². The van der Waals surface area contributed by atoms with E-state index in [1.165, 1.54) is 4.68 Å². The molecule has 8 nitrogen and oxygen atoms in total. The van der Waals surface area contributed by atoms with Crippen LogP contribution in [0.2, 0.25) is 0 Å². The molecule has 0 bridgehead atoms. The third kappa shape index (κ3) is 4.30. The molecule has 8 heteroatoms. The molecule has 0 aliphatic rings. The fourth-order valence-corrected chi connectivity index (χ4v) is 1.94. The van der Waals surface area contributed by atoms with Crippen LogP contribution in [-0.2, 0) is 11.3 Å². The van der Waals surface area contributed by atoms with Crippen LogP contribution in [0.25, 0.3) is 0 Å². The van der Waals surface area contributed by atoms with Crippen molar-refractivity contribution >= 4 is 11.6 Å². The molecular formula is C12H20N4O4. The lowest BCUT2D eigenvalue weighted by Gasteiger charge is -2.06. The number of aliphatic hydroxyl groups excluding tert-OH is 1. The second-order valence-corrected chi connectivity index (χ2v) is 4.57. The molecule has 0 radical (unpaired) electrons. The van der Waals surface area contributed by atoms with Gasteiger partial charge >= 0.3 is 5.69 Å². The number of nitrogens with zero attached hydrogens (tertiary/aromatic N) is 3. The molecule has 1 amide bonds. The van der Waals surface area contributed by atoms with Crippen LogP contribution in [0.15, 0.2) is 0 Å². The topological polar surface area (TPSA) is 110 Å². The highest BCUT2D eigenvalue weighted by atomic mass is 16.6. The summed E-state index contributed by atoms with van der Waals surface area (Å²) in [6.07, 6.45) is 2.37. The minimum absolute atomic E-state index is 0.0273. The van der Waals surface area contributed by atoms with Crippen molar-refractivity contribution in [2.75, 3.05) is 13.2 Å². The molecule has 1 rings (SSSR count). The zero-order chi connectivity index (χ0) is 15.1. The number of hydrogen-bond acceptors (Lipinski definition) is 5. The Morgan fingerprint density at radius 3 is 2.65 bits per heavy atom. The van der Waals surface area contributed by atoms with E-state index in [1.807, 2.05) is 0 Å². The normalized spacial score (nSPS) is 10.6. The molecule has 0 aliphatic carbocycles. The Kier molecular flexibility index (Phi) is 6.10. The molecule has 0 fully saturated rings. The van der Waals surface area contributed by atoms with Crippen LogP contribution >= 0.6 is 0 Å². The van der Waals surface area contributed by atoms with E-state index in [0.29, 0.717) is 17.9 Å². The largest absolute Gasteiger partial charge is 0.396 e. The second-order valence-electron chi connectivity index (χ2n) is 4.57. The standard InChI is InChI=1S/C12H20N4O4/c1-9-12(16(19)20)10(2)15(14-9)8-11(18)13-6-4-3-5-7-17/h17H,3-8H2,1-2H3,(H,13,18). The number of amides is 1. The average Bonchev–Trinajstić information content (AvgIpc) is 2.64. The minimum Gasteiger partial charge on any atom is -0.396 e. The van der Waals surface area contributed by atoms with Gasteiger partial charge < -0.3 is 10.4 Å². The van der Waals surface area contributed by atoms with Gasteiger partial charge in [-0.15, -0.1) is 0 Å². The van der Waals surface area contributed by atoms with Gasteiger partial charge in [0.2, 0.25) is 5.91 Å². The van der Waals surface area contributed by atoms with Crippen LogP contribution < -0.4 is 5.32 Å². The Labute approximate surface area is 116 Å². The number of aryl methyl sites for hydroxylation is 1. The van der Waals surface area contributed by atoms with E-state index in [4.69, 9.17) is 5.11 Å². The number of carbonyl (C=O) groups is 1. The highest BCUT2D eigenvalue weighted by Gasteiger charge is 2.22. The number of unbranched alkanes of at least 4 members (excludes halogenated alkanes) is 2. The van der Waals surface area contributed by atoms with Crippen LogP contribution in [0, 0.1) is 24.0 Å². The van der Waals surface area contributed by atoms with Gasteiger partial charge in [-0.25, -0.2) is 0 Å². The van der Waals surface area contributed by atoms with Crippen molar-refractivity contribution in [3.8, 4) is 0 Å². The molecule has 1 heterocycles. The lowest BCUT2D eigenvalue weighted by atomic mass is 10.2. The molecule has 0 aliphatic heterocycles. The third-order valence-electron chi connectivity index (χ3n) is 2.98. The van der Waals surface area contributed by atoms with Crippen LogP contribution in [-0.4, -0.2) is 38.9 Å². The maximum Gasteiger partial charge on any atom is 0.312 e. The van der Waals surface area contributed by atoms with Crippen LogP contribution in [0.4, 0.5) is 5.69 Å². The van der Waals surface area contributed by atoms with E-state index >= 15 is 0 Å². The van der Waals surface area contributed by atoms with Gasteiger partial charge in [0.1, 0.15) is 17.9 Å². The Bertz CT molecular complexity index is 484. The number of aliphatic hydroxyl groups is 1. The SMILES string of the molecule is Cc1nn(CC(=O)NCCCCCO)c(C)c1[N+](=O)[O-]. The Balaban J connectivity index is 2.50. The van der Waals surface area contributed by atoms with Crippen molar-refractivity contribution in [3.05, 3.63) is 21.5 Å². The van der Waals surface area contributed by atoms with Crippen molar-refractivity contribution in [1.82, 2.24) is 15.1 Å². The highest BCUT2D eigenvalue weighted by Crippen LogP contribution is 2.21. The lowest BCUT2D eigenvalue weighted by Crippen LogP contribution is -2.29. The summed E-state index contributed by atoms with van der Waals surface area (Å²) >= 11 is 0. The van der Waals surface area contributed by atoms with E-state index in [-0.39, 0.29) is 24.7 Å². The van der Waals surface area contributed by atoms with E-state index in [2.05, 4.69) is 10.4 Å². The maximum atomic E-state index is 11.7. The fourth-order valence-electron chi connectivity index (χ4n) is 1.94. The van der Waals surface area contributed by atoms with Crippen molar-refractivity contribution in [2.24, 2.45) is 0 Å². The average molecular weight is 284 g/mol. The lowest BCUT2D eigenvalue weighted by molar-refractivity contribution is -0.386. The zero-order valence-corrected chi connectivity index (χ0v) is 11.8. The minimum atomic E-state index is -0.485. The summed E-state index contributed by atoms with van der Waals surface area (Å²) in [5.74, 6) is -0.227. The van der Waals surface area contributed by atoms with Gasteiger partial charge in [-0.2, -0.15) is 5.10 Å². The molecule has 0 spiro atoms. The van der Waals surface area contributed by atoms with Crippen molar-refractivity contribution in [3.63, 3.8) is 0 Å². The van der Waals surface area contributed by atoms with E-state index in [1.54, 1.807) is 13.8 Å². The maximum absolute atomic E-state index is 11.7. The van der Waals surface area contributed by atoms with Gasteiger partial charge in [0, 0.05) is 13.2 Å². The highest BCUT2D eigenvalue weighted by molar-refractivity contribution is 5.75. The molecule has 0 saturated carbocycles. The first-order valence-electron chi connectivity index (χ1n) is 6.53. The number of nitro groups is 1. The predicted molar refractivity (Wildman–Crippen MR) is 72.3 cm³/mol. The van der Waals surface area contributed by atoms with Crippen LogP contribution in [0.3, 0.4) is 0 Å². The summed E-state index contributed by atoms with van der Waals surface area (Å²) in [5, 5.41) is 26.2. The fraction of sp³-hybridized carbons (Fsp3) is 0.667. The first-order chi connectivity index (χ1) is 9.47. The Morgan fingerprint density at radius 1 is 1.40 bits per heavy atom. The first kappa shape index (κ1) is 16.1. The van der Waals surface area contributed by atoms with Gasteiger partial charge in [0.25, 0.3) is 0 Å². The summed E-state index contributed by atoms with van der Waals surface area (Å²) in [5.41, 5.74) is 0.645. The number of carbonyl (C=O) groups excluding carboxylic acids is 1. The van der Waals surface area contributed by atoms with Crippen molar-refractivity contribution in [1.29, 1.82) is 0 Å². The van der Waals surface area contributed by atoms with Gasteiger partial charge in [-0.3, -0.25) is 19.6 Å². The Hall–Kier alpha value is -1.96. The molecular weight excluding hydrogens is 264 g/mol. The van der Waals surface area contributed by atoms with Crippen molar-refractivity contribution in [2.45, 2.75) is 39.7 Å². The molecule has 0 unspecified atom stereocenters. The van der Waals surface area contributed by atoms with E-state index in [0.717, 1.165) is 19.3 Å². The molecule has 0 atom stereocenters. The molecule has 1 aromatic heterocycles. The molecule has 112 valence electrons. The number of hydrogen-bond donors (Lipinski definition) is 2. The van der Waals surface area contributed by atoms with Crippen LogP contribution in [0.5, 0.6) is 0 Å². The molecule has 2 N–H and O–H groups in total. The zero-order valence-electron chi connectivity index (χ0n) is 11.8. The number of aromatic nitrogens is 2. The smallest absolute Gasteiger partial charge is 0.312 e. The molecule has 1 aromatic rings. The molecule has 20 heavy (non-hydrogen) atoms. The summed E-state index contributed by atoms with van der Waals surface area (Å²) in [7, 11) is 0. The first-order valence-corrected chi connectivity index (χ1v) is 6.53. The monoisotopic (exact) mass is 284 g/mol. The molecule has 0 aromatic carbocycles. The summed E-state index contributed by atoms with van der Waals surface area (Å²) < 4.78 is 1.34. The van der Waals surface area contributed by atoms with Crippen molar-refractivity contribution < 1.29 is 14.8 Å². The van der Waals surface area contributed by atoms with Gasteiger partial charge in [-0.1, -0.05) is 0 Å². The van der Waals surface area contributed by atoms with Crippen LogP contribution in [0.1, 0.15) is 30.7 Å². The number of nitrogens with one attached hydrogen (secondary N) is 1. The summed E-state index contributed by atoms with van der Waals surface area (Å²) in [6, 6.07) is 0. The second kappa shape index (κ2) is 7.59. The summed E-state index contributed by atoms with van der Waals surface area (Å²) in [4.78, 5) is 22.1. The van der Waals surface area contributed by atoms with Gasteiger partial charge in [-0.05, 0) is 33.1 Å². The van der Waals surface area contributed by atoms with Gasteiger partial charge in [0.05, 0.1) is 4.92 Å².